The summed E-state index contributed by atoms with van der Waals surface area (Å²) in [5, 5.41) is 15.3. The van der Waals surface area contributed by atoms with Crippen LogP contribution in [0.2, 0.25) is 0 Å². The van der Waals surface area contributed by atoms with E-state index >= 15 is 0 Å². The van der Waals surface area contributed by atoms with Gasteiger partial charge in [0.15, 0.2) is 5.82 Å². The van der Waals surface area contributed by atoms with Crippen molar-refractivity contribution < 1.29 is 0 Å². The Labute approximate surface area is 96.6 Å². The van der Waals surface area contributed by atoms with E-state index in [0.29, 0.717) is 5.41 Å². The molecule has 0 radical (unpaired) electrons. The van der Waals surface area contributed by atoms with Crippen molar-refractivity contribution in [3.05, 3.63) is 5.82 Å². The van der Waals surface area contributed by atoms with Crippen molar-refractivity contribution in [1.82, 2.24) is 25.5 Å². The summed E-state index contributed by atoms with van der Waals surface area (Å²) in [6.45, 7) is 10.4. The van der Waals surface area contributed by atoms with Gasteiger partial charge < -0.3 is 5.32 Å². The molecule has 1 aliphatic carbocycles. The van der Waals surface area contributed by atoms with Crippen molar-refractivity contribution in [3.8, 4) is 0 Å². The first-order valence-electron chi connectivity index (χ1n) is 5.88. The van der Waals surface area contributed by atoms with Crippen LogP contribution in [0, 0.1) is 5.41 Å². The fourth-order valence-corrected chi connectivity index (χ4v) is 1.55. The highest BCUT2D eigenvalue weighted by Gasteiger charge is 2.38. The second-order valence-corrected chi connectivity index (χ2v) is 6.17. The maximum atomic E-state index is 4.07. The number of aromatic nitrogens is 4. The van der Waals surface area contributed by atoms with Crippen molar-refractivity contribution in [2.45, 2.75) is 59.2 Å². The molecule has 2 rings (SSSR count). The summed E-state index contributed by atoms with van der Waals surface area (Å²) >= 11 is 0. The Balaban J connectivity index is 1.96. The largest absolute Gasteiger partial charge is 0.305 e. The monoisotopic (exact) mass is 223 g/mol. The molecule has 0 aliphatic heterocycles. The molecule has 0 aromatic carbocycles. The molecule has 1 aromatic rings. The van der Waals surface area contributed by atoms with E-state index in [2.05, 4.69) is 48.5 Å². The molecule has 16 heavy (non-hydrogen) atoms. The molecule has 0 atom stereocenters. The average Bonchev–Trinajstić information content (AvgIpc) is 2.73. The highest BCUT2D eigenvalue weighted by Crippen LogP contribution is 2.46. The number of hydrogen-bond donors (Lipinski definition) is 1. The molecule has 1 saturated carbocycles. The molecule has 0 bridgehead atoms. The van der Waals surface area contributed by atoms with Crippen LogP contribution >= 0.6 is 0 Å². The SMILES string of the molecule is CC1(Cn2nnnc2CNC(C)(C)C)CC1. The third kappa shape index (κ3) is 3.01. The summed E-state index contributed by atoms with van der Waals surface area (Å²) < 4.78 is 1.94. The Kier molecular flexibility index (Phi) is 2.74. The van der Waals surface area contributed by atoms with Crippen LogP contribution in [0.4, 0.5) is 0 Å². The van der Waals surface area contributed by atoms with Crippen molar-refractivity contribution >= 4 is 0 Å². The van der Waals surface area contributed by atoms with E-state index in [0.717, 1.165) is 18.9 Å². The second-order valence-electron chi connectivity index (χ2n) is 6.17. The predicted octanol–water partition coefficient (Wildman–Crippen LogP) is 1.36. The number of nitrogens with one attached hydrogen (secondary N) is 1. The number of rotatable bonds is 4. The highest BCUT2D eigenvalue weighted by molar-refractivity contribution is 4.92. The van der Waals surface area contributed by atoms with E-state index in [1.807, 2.05) is 4.68 Å². The van der Waals surface area contributed by atoms with E-state index in [1.165, 1.54) is 12.8 Å². The van der Waals surface area contributed by atoms with Crippen LogP contribution in [-0.4, -0.2) is 25.7 Å². The summed E-state index contributed by atoms with van der Waals surface area (Å²) in [5.41, 5.74) is 0.534. The molecule has 0 saturated heterocycles. The first-order chi connectivity index (χ1) is 7.38. The summed E-state index contributed by atoms with van der Waals surface area (Å²) in [6.07, 6.45) is 2.58. The fraction of sp³-hybridized carbons (Fsp3) is 0.909. The molecule has 0 amide bonds. The Bertz CT molecular complexity index is 359. The summed E-state index contributed by atoms with van der Waals surface area (Å²) in [6, 6.07) is 0. The number of tetrazole rings is 1. The molecule has 1 N–H and O–H groups in total. The quantitative estimate of drug-likeness (QED) is 0.837. The minimum atomic E-state index is 0.0975. The molecule has 1 aliphatic rings. The normalized spacial score (nSPS) is 18.8. The Morgan fingerprint density at radius 2 is 2.06 bits per heavy atom. The van der Waals surface area contributed by atoms with Crippen LogP contribution in [-0.2, 0) is 13.1 Å². The van der Waals surface area contributed by atoms with Gasteiger partial charge in [-0.25, -0.2) is 4.68 Å². The summed E-state index contributed by atoms with van der Waals surface area (Å²) in [5.74, 6) is 0.933. The third-order valence-electron chi connectivity index (χ3n) is 3.02. The number of hydrogen-bond acceptors (Lipinski definition) is 4. The maximum absolute atomic E-state index is 4.07. The van der Waals surface area contributed by atoms with Crippen LogP contribution < -0.4 is 5.32 Å². The van der Waals surface area contributed by atoms with Crippen LogP contribution in [0.3, 0.4) is 0 Å². The number of nitrogens with zero attached hydrogens (tertiary/aromatic N) is 4. The molecule has 1 aromatic heterocycles. The highest BCUT2D eigenvalue weighted by atomic mass is 15.5. The Morgan fingerprint density at radius 1 is 1.38 bits per heavy atom. The van der Waals surface area contributed by atoms with Crippen LogP contribution in [0.1, 0.15) is 46.4 Å². The van der Waals surface area contributed by atoms with E-state index < -0.39 is 0 Å². The van der Waals surface area contributed by atoms with Gasteiger partial charge in [-0.2, -0.15) is 0 Å². The lowest BCUT2D eigenvalue weighted by atomic mass is 10.1. The lowest BCUT2D eigenvalue weighted by Crippen LogP contribution is -2.36. The molecule has 0 unspecified atom stereocenters. The molecule has 5 heteroatoms. The van der Waals surface area contributed by atoms with Crippen molar-refractivity contribution in [2.75, 3.05) is 0 Å². The summed E-state index contributed by atoms with van der Waals surface area (Å²) in [7, 11) is 0. The Hall–Kier alpha value is -0.970. The standard InChI is InChI=1S/C11H21N5/c1-10(2,3)12-7-9-13-14-15-16(9)8-11(4)5-6-11/h12H,5-8H2,1-4H3. The van der Waals surface area contributed by atoms with E-state index in [-0.39, 0.29) is 5.54 Å². The van der Waals surface area contributed by atoms with E-state index in [9.17, 15) is 0 Å². The van der Waals surface area contributed by atoms with E-state index in [1.54, 1.807) is 0 Å². The van der Waals surface area contributed by atoms with Crippen molar-refractivity contribution in [2.24, 2.45) is 5.41 Å². The molecule has 1 heterocycles. The minimum absolute atomic E-state index is 0.0975. The lowest BCUT2D eigenvalue weighted by molar-refractivity contribution is 0.381. The van der Waals surface area contributed by atoms with Gasteiger partial charge in [0.05, 0.1) is 13.1 Å². The van der Waals surface area contributed by atoms with Crippen LogP contribution in [0.5, 0.6) is 0 Å². The smallest absolute Gasteiger partial charge is 0.165 e. The van der Waals surface area contributed by atoms with Gasteiger partial charge in [-0.1, -0.05) is 6.92 Å². The summed E-state index contributed by atoms with van der Waals surface area (Å²) in [4.78, 5) is 0. The zero-order valence-corrected chi connectivity index (χ0v) is 10.6. The lowest BCUT2D eigenvalue weighted by Gasteiger charge is -2.20. The maximum Gasteiger partial charge on any atom is 0.165 e. The van der Waals surface area contributed by atoms with Crippen molar-refractivity contribution in [1.29, 1.82) is 0 Å². The second kappa shape index (κ2) is 3.80. The molecular weight excluding hydrogens is 202 g/mol. The van der Waals surface area contributed by atoms with Gasteiger partial charge in [0, 0.05) is 5.54 Å². The molecule has 90 valence electrons. The molecule has 0 spiro atoms. The zero-order chi connectivity index (χ0) is 11.8. The van der Waals surface area contributed by atoms with Crippen LogP contribution in [0.25, 0.3) is 0 Å². The van der Waals surface area contributed by atoms with E-state index in [4.69, 9.17) is 0 Å². The van der Waals surface area contributed by atoms with Gasteiger partial charge in [0.1, 0.15) is 0 Å². The van der Waals surface area contributed by atoms with Crippen LogP contribution in [0.15, 0.2) is 0 Å². The van der Waals surface area contributed by atoms with Gasteiger partial charge in [-0.3, -0.25) is 0 Å². The molecular formula is C11H21N5. The molecule has 1 fully saturated rings. The topological polar surface area (TPSA) is 55.6 Å². The first-order valence-corrected chi connectivity index (χ1v) is 5.88. The average molecular weight is 223 g/mol. The zero-order valence-electron chi connectivity index (χ0n) is 10.6. The fourth-order valence-electron chi connectivity index (χ4n) is 1.55. The van der Waals surface area contributed by atoms with Gasteiger partial charge in [-0.15, -0.1) is 5.10 Å². The van der Waals surface area contributed by atoms with Gasteiger partial charge >= 0.3 is 0 Å². The van der Waals surface area contributed by atoms with Gasteiger partial charge in [-0.05, 0) is 49.5 Å². The van der Waals surface area contributed by atoms with Gasteiger partial charge in [0.25, 0.3) is 0 Å². The Morgan fingerprint density at radius 3 is 2.62 bits per heavy atom. The first kappa shape index (κ1) is 11.5. The molecule has 5 nitrogen and oxygen atoms in total. The van der Waals surface area contributed by atoms with Gasteiger partial charge in [0.2, 0.25) is 0 Å². The predicted molar refractivity (Wildman–Crippen MR) is 61.8 cm³/mol. The van der Waals surface area contributed by atoms with Crippen molar-refractivity contribution in [3.63, 3.8) is 0 Å². The minimum Gasteiger partial charge on any atom is -0.305 e. The third-order valence-corrected chi connectivity index (χ3v) is 3.02.